The maximum atomic E-state index is 8.98. The van der Waals surface area contributed by atoms with Crippen molar-refractivity contribution in [3.63, 3.8) is 0 Å². The topological polar surface area (TPSA) is 84.6 Å². The molecule has 0 aromatic heterocycles. The number of nitrogens with one attached hydrogen (secondary N) is 1. The van der Waals surface area contributed by atoms with Gasteiger partial charge in [0, 0.05) is 11.5 Å². The molecule has 0 spiro atoms. The summed E-state index contributed by atoms with van der Waals surface area (Å²) in [6.45, 7) is 5.19. The van der Waals surface area contributed by atoms with Crippen LogP contribution in [-0.2, 0) is 0 Å². The van der Waals surface area contributed by atoms with E-state index >= 15 is 0 Å². The smallest absolute Gasteiger partial charge is 0.106 e. The van der Waals surface area contributed by atoms with Gasteiger partial charge in [-0.15, -0.1) is 0 Å². The van der Waals surface area contributed by atoms with E-state index in [1.54, 1.807) is 0 Å². The highest BCUT2D eigenvalue weighted by molar-refractivity contribution is 5.05. The molecule has 5 nitrogen and oxygen atoms in total. The van der Waals surface area contributed by atoms with Crippen molar-refractivity contribution in [1.82, 2.24) is 5.32 Å². The van der Waals surface area contributed by atoms with E-state index in [-0.39, 0.29) is 0 Å². The summed E-state index contributed by atoms with van der Waals surface area (Å²) in [4.78, 5) is 2.66. The summed E-state index contributed by atoms with van der Waals surface area (Å²) in [6, 6.07) is 2.29. The summed E-state index contributed by atoms with van der Waals surface area (Å²) in [5, 5.41) is 15.6. The van der Waals surface area contributed by atoms with Crippen LogP contribution in [0.2, 0.25) is 0 Å². The molecule has 0 saturated carbocycles. The number of nitrogens with zero attached hydrogens (tertiary/aromatic N) is 4. The Hall–Kier alpha value is -1.24. The van der Waals surface area contributed by atoms with Gasteiger partial charge in [0.25, 0.3) is 0 Å². The Labute approximate surface area is 84.7 Å². The van der Waals surface area contributed by atoms with Gasteiger partial charge in [-0.1, -0.05) is 19.0 Å². The molecule has 0 aliphatic carbocycles. The van der Waals surface area contributed by atoms with E-state index in [0.29, 0.717) is 13.1 Å². The first-order chi connectivity index (χ1) is 6.74. The molecule has 0 aromatic rings. The molecule has 78 valence electrons. The number of hydrogen-bond donors (Lipinski definition) is 1. The van der Waals surface area contributed by atoms with E-state index in [1.807, 2.05) is 13.8 Å². The van der Waals surface area contributed by atoms with Crippen LogP contribution in [0.15, 0.2) is 5.11 Å². The van der Waals surface area contributed by atoms with Crippen molar-refractivity contribution in [2.24, 2.45) is 5.11 Å². The van der Waals surface area contributed by atoms with E-state index in [0.717, 1.165) is 19.3 Å². The second-order valence-electron chi connectivity index (χ2n) is 3.14. The Kier molecular flexibility index (Phi) is 6.55. The Bertz CT molecular complexity index is 232. The zero-order valence-corrected chi connectivity index (χ0v) is 8.82. The highest BCUT2D eigenvalue weighted by Gasteiger charge is 2.23. The molecule has 0 aliphatic rings. The van der Waals surface area contributed by atoms with Crippen molar-refractivity contribution in [3.8, 4) is 6.07 Å². The van der Waals surface area contributed by atoms with E-state index in [4.69, 9.17) is 10.8 Å². The summed E-state index contributed by atoms with van der Waals surface area (Å²) in [5.74, 6) is 0. The summed E-state index contributed by atoms with van der Waals surface area (Å²) >= 11 is 0. The summed E-state index contributed by atoms with van der Waals surface area (Å²) in [6.07, 6.45) is 2.36. The van der Waals surface area contributed by atoms with E-state index in [9.17, 15) is 0 Å². The van der Waals surface area contributed by atoms with Crippen LogP contribution in [0.25, 0.3) is 10.4 Å². The highest BCUT2D eigenvalue weighted by Crippen LogP contribution is 2.13. The zero-order chi connectivity index (χ0) is 10.9. The SMILES string of the molecule is CCC(C#N)(CC)NCCCN=[N+]=[N-]. The van der Waals surface area contributed by atoms with Gasteiger partial charge in [0.15, 0.2) is 0 Å². The van der Waals surface area contributed by atoms with Crippen LogP contribution in [0, 0.1) is 11.3 Å². The van der Waals surface area contributed by atoms with Crippen molar-refractivity contribution in [2.75, 3.05) is 13.1 Å². The van der Waals surface area contributed by atoms with Crippen LogP contribution in [0.3, 0.4) is 0 Å². The molecule has 0 atom stereocenters. The first-order valence-electron chi connectivity index (χ1n) is 4.91. The molecule has 0 radical (unpaired) electrons. The average molecular weight is 195 g/mol. The second kappa shape index (κ2) is 7.19. The van der Waals surface area contributed by atoms with E-state index in [1.165, 1.54) is 0 Å². The van der Waals surface area contributed by atoms with Crippen molar-refractivity contribution in [2.45, 2.75) is 38.6 Å². The van der Waals surface area contributed by atoms with Gasteiger partial charge in [-0.2, -0.15) is 5.26 Å². The first kappa shape index (κ1) is 12.8. The van der Waals surface area contributed by atoms with Gasteiger partial charge in [-0.3, -0.25) is 5.32 Å². The van der Waals surface area contributed by atoms with Crippen LogP contribution in [-0.4, -0.2) is 18.6 Å². The van der Waals surface area contributed by atoms with E-state index < -0.39 is 5.54 Å². The van der Waals surface area contributed by atoms with Gasteiger partial charge in [-0.25, -0.2) is 0 Å². The lowest BCUT2D eigenvalue weighted by atomic mass is 9.95. The summed E-state index contributed by atoms with van der Waals surface area (Å²) < 4.78 is 0. The highest BCUT2D eigenvalue weighted by atomic mass is 15.1. The average Bonchev–Trinajstić information content (AvgIpc) is 2.24. The molecule has 0 heterocycles. The maximum Gasteiger partial charge on any atom is 0.106 e. The minimum absolute atomic E-state index is 0.406. The number of azide groups is 1. The second-order valence-corrected chi connectivity index (χ2v) is 3.14. The van der Waals surface area contributed by atoms with Crippen LogP contribution >= 0.6 is 0 Å². The molecule has 0 aromatic carbocycles. The molecule has 14 heavy (non-hydrogen) atoms. The third-order valence-electron chi connectivity index (χ3n) is 2.38. The molecule has 1 N–H and O–H groups in total. The predicted octanol–water partition coefficient (Wildman–Crippen LogP) is 2.36. The minimum atomic E-state index is -0.406. The molecule has 0 unspecified atom stereocenters. The lowest BCUT2D eigenvalue weighted by Crippen LogP contribution is -2.43. The molecule has 0 amide bonds. The van der Waals surface area contributed by atoms with Gasteiger partial charge in [-0.05, 0) is 31.3 Å². The molecule has 0 fully saturated rings. The Morgan fingerprint density at radius 2 is 2.14 bits per heavy atom. The fourth-order valence-corrected chi connectivity index (χ4v) is 1.22. The first-order valence-corrected chi connectivity index (χ1v) is 4.91. The van der Waals surface area contributed by atoms with Crippen LogP contribution in [0.1, 0.15) is 33.1 Å². The van der Waals surface area contributed by atoms with Crippen LogP contribution < -0.4 is 5.32 Å². The summed E-state index contributed by atoms with van der Waals surface area (Å²) in [7, 11) is 0. The molecular weight excluding hydrogens is 178 g/mol. The van der Waals surface area contributed by atoms with Crippen LogP contribution in [0.4, 0.5) is 0 Å². The third kappa shape index (κ3) is 4.13. The summed E-state index contributed by atoms with van der Waals surface area (Å²) in [5.41, 5.74) is 7.64. The quantitative estimate of drug-likeness (QED) is 0.292. The van der Waals surface area contributed by atoms with Crippen molar-refractivity contribution in [3.05, 3.63) is 10.4 Å². The Morgan fingerprint density at radius 1 is 1.50 bits per heavy atom. The van der Waals surface area contributed by atoms with Gasteiger partial charge in [0.05, 0.1) is 6.07 Å². The fraction of sp³-hybridized carbons (Fsp3) is 0.889. The molecule has 0 rings (SSSR count). The van der Waals surface area contributed by atoms with E-state index in [2.05, 4.69) is 21.4 Å². The van der Waals surface area contributed by atoms with Gasteiger partial charge in [0.2, 0.25) is 0 Å². The van der Waals surface area contributed by atoms with Gasteiger partial charge in [0.1, 0.15) is 5.54 Å². The minimum Gasteiger partial charge on any atom is -0.299 e. The molecule has 0 saturated heterocycles. The van der Waals surface area contributed by atoms with Crippen molar-refractivity contribution < 1.29 is 0 Å². The lowest BCUT2D eigenvalue weighted by Gasteiger charge is -2.24. The lowest BCUT2D eigenvalue weighted by molar-refractivity contribution is 0.385. The largest absolute Gasteiger partial charge is 0.299 e. The molecular formula is C9H17N5. The van der Waals surface area contributed by atoms with Gasteiger partial charge < -0.3 is 0 Å². The van der Waals surface area contributed by atoms with Crippen molar-refractivity contribution in [1.29, 1.82) is 5.26 Å². The number of nitriles is 1. The van der Waals surface area contributed by atoms with Gasteiger partial charge >= 0.3 is 0 Å². The predicted molar refractivity (Wildman–Crippen MR) is 55.6 cm³/mol. The monoisotopic (exact) mass is 195 g/mol. The fourth-order valence-electron chi connectivity index (χ4n) is 1.22. The molecule has 0 bridgehead atoms. The van der Waals surface area contributed by atoms with Crippen molar-refractivity contribution >= 4 is 0 Å². The number of rotatable bonds is 7. The van der Waals surface area contributed by atoms with Crippen LogP contribution in [0.5, 0.6) is 0 Å². The zero-order valence-electron chi connectivity index (χ0n) is 8.82. The normalized spacial score (nSPS) is 10.4. The molecule has 0 aliphatic heterocycles. The standard InChI is InChI=1S/C9H17N5/c1-3-9(4-2,8-10)12-6-5-7-13-14-11/h12H,3-7H2,1-2H3. The maximum absolute atomic E-state index is 8.98. The Balaban J connectivity index is 3.84. The number of hydrogen-bond acceptors (Lipinski definition) is 3. The molecule has 5 heteroatoms. The third-order valence-corrected chi connectivity index (χ3v) is 2.38. The Morgan fingerprint density at radius 3 is 2.57 bits per heavy atom.